The van der Waals surface area contributed by atoms with Crippen molar-refractivity contribution in [2.24, 2.45) is 17.2 Å². The lowest BCUT2D eigenvalue weighted by atomic mass is 10.1. The molecule has 6 N–H and O–H groups in total. The lowest BCUT2D eigenvalue weighted by molar-refractivity contribution is 0.583. The Bertz CT molecular complexity index is 135. The van der Waals surface area contributed by atoms with E-state index >= 15 is 0 Å². The summed E-state index contributed by atoms with van der Waals surface area (Å²) < 4.78 is 0. The number of hydrogen-bond acceptors (Lipinski definition) is 3. The van der Waals surface area contributed by atoms with Gasteiger partial charge in [0, 0.05) is 6.04 Å². The molecule has 0 heterocycles. The van der Waals surface area contributed by atoms with Crippen LogP contribution in [-0.2, 0) is 0 Å². The lowest BCUT2D eigenvalue weighted by Crippen LogP contribution is -2.17. The summed E-state index contributed by atoms with van der Waals surface area (Å²) in [6.45, 7) is 1.69. The van der Waals surface area contributed by atoms with E-state index in [0.717, 1.165) is 13.1 Å². The Morgan fingerprint density at radius 1 is 0.611 bits per heavy atom. The monoisotopic (exact) mass is 257 g/mol. The van der Waals surface area contributed by atoms with Gasteiger partial charge in [-0.15, -0.1) is 0 Å². The first kappa shape index (κ1) is 17.9. The Labute approximate surface area is 114 Å². The maximum absolute atomic E-state index is 5.73. The van der Waals surface area contributed by atoms with Crippen molar-refractivity contribution in [1.29, 1.82) is 0 Å². The van der Waals surface area contributed by atoms with Crippen molar-refractivity contribution in [3.8, 4) is 0 Å². The van der Waals surface area contributed by atoms with Crippen LogP contribution < -0.4 is 17.2 Å². The van der Waals surface area contributed by atoms with E-state index in [1.54, 1.807) is 0 Å². The third kappa shape index (κ3) is 13.9. The Balaban J connectivity index is 0.000000327. The Kier molecular flexibility index (Phi) is 14.8. The second-order valence-corrected chi connectivity index (χ2v) is 5.45. The molecular formula is C15H35N3. The predicted molar refractivity (Wildman–Crippen MR) is 81.5 cm³/mol. The van der Waals surface area contributed by atoms with Gasteiger partial charge in [0.2, 0.25) is 0 Å². The quantitative estimate of drug-likeness (QED) is 0.485. The molecular weight excluding hydrogens is 222 g/mol. The van der Waals surface area contributed by atoms with Gasteiger partial charge in [-0.3, -0.25) is 0 Å². The smallest absolute Gasteiger partial charge is 0.00388 e. The molecule has 1 aliphatic carbocycles. The largest absolute Gasteiger partial charge is 0.330 e. The minimum absolute atomic E-state index is 0.525. The topological polar surface area (TPSA) is 78.1 Å². The predicted octanol–water partition coefficient (Wildman–Crippen LogP) is 2.91. The van der Waals surface area contributed by atoms with Crippen LogP contribution in [0.1, 0.15) is 77.0 Å². The Morgan fingerprint density at radius 2 is 1.00 bits per heavy atom. The standard InChI is InChI=1S/C8H20N2.C7H15N/c9-7-5-3-1-2-4-6-8-10;8-7-5-3-1-2-4-6-7/h1-10H2;7H,1-6,8H2. The normalized spacial score (nSPS) is 16.8. The molecule has 0 spiro atoms. The van der Waals surface area contributed by atoms with Crippen molar-refractivity contribution in [2.45, 2.75) is 83.1 Å². The highest BCUT2D eigenvalue weighted by Crippen LogP contribution is 2.14. The number of nitrogens with two attached hydrogens (primary N) is 3. The van der Waals surface area contributed by atoms with Crippen molar-refractivity contribution < 1.29 is 0 Å². The van der Waals surface area contributed by atoms with Crippen molar-refractivity contribution >= 4 is 0 Å². The van der Waals surface area contributed by atoms with Crippen LogP contribution in [0.5, 0.6) is 0 Å². The first-order chi connectivity index (χ1) is 8.81. The van der Waals surface area contributed by atoms with E-state index in [4.69, 9.17) is 17.2 Å². The molecule has 0 unspecified atom stereocenters. The summed E-state index contributed by atoms with van der Waals surface area (Å²) in [4.78, 5) is 0. The summed E-state index contributed by atoms with van der Waals surface area (Å²) in [5.74, 6) is 0. The summed E-state index contributed by atoms with van der Waals surface area (Å²) in [5.41, 5.74) is 16.4. The molecule has 110 valence electrons. The molecule has 0 amide bonds. The van der Waals surface area contributed by atoms with E-state index in [9.17, 15) is 0 Å². The summed E-state index contributed by atoms with van der Waals surface area (Å²) in [5, 5.41) is 0. The fraction of sp³-hybridized carbons (Fsp3) is 1.00. The van der Waals surface area contributed by atoms with Gasteiger partial charge in [0.15, 0.2) is 0 Å². The van der Waals surface area contributed by atoms with Gasteiger partial charge in [-0.1, -0.05) is 51.4 Å². The van der Waals surface area contributed by atoms with Gasteiger partial charge in [0.1, 0.15) is 0 Å². The van der Waals surface area contributed by atoms with Gasteiger partial charge < -0.3 is 17.2 Å². The highest BCUT2D eigenvalue weighted by atomic mass is 14.6. The molecule has 0 aromatic rings. The van der Waals surface area contributed by atoms with Crippen molar-refractivity contribution in [1.82, 2.24) is 0 Å². The second-order valence-electron chi connectivity index (χ2n) is 5.45. The Morgan fingerprint density at radius 3 is 1.39 bits per heavy atom. The molecule has 3 nitrogen and oxygen atoms in total. The maximum Gasteiger partial charge on any atom is 0.00388 e. The van der Waals surface area contributed by atoms with E-state index in [1.165, 1.54) is 77.0 Å². The Hall–Kier alpha value is -0.120. The molecule has 0 aromatic carbocycles. The second kappa shape index (κ2) is 14.9. The minimum Gasteiger partial charge on any atom is -0.330 e. The molecule has 0 aromatic heterocycles. The zero-order chi connectivity index (χ0) is 13.5. The van der Waals surface area contributed by atoms with Crippen molar-refractivity contribution in [2.75, 3.05) is 13.1 Å². The van der Waals surface area contributed by atoms with E-state index in [-0.39, 0.29) is 0 Å². The highest BCUT2D eigenvalue weighted by Gasteiger charge is 2.05. The fourth-order valence-electron chi connectivity index (χ4n) is 2.31. The van der Waals surface area contributed by atoms with Crippen LogP contribution in [0.2, 0.25) is 0 Å². The van der Waals surface area contributed by atoms with Crippen LogP contribution in [-0.4, -0.2) is 19.1 Å². The van der Waals surface area contributed by atoms with Gasteiger partial charge in [-0.25, -0.2) is 0 Å². The summed E-state index contributed by atoms with van der Waals surface area (Å²) >= 11 is 0. The van der Waals surface area contributed by atoms with E-state index in [1.807, 2.05) is 0 Å². The van der Waals surface area contributed by atoms with E-state index in [2.05, 4.69) is 0 Å². The zero-order valence-corrected chi connectivity index (χ0v) is 12.2. The summed E-state index contributed by atoms with van der Waals surface area (Å²) in [6, 6.07) is 0.525. The number of unbranched alkanes of at least 4 members (excludes halogenated alkanes) is 5. The third-order valence-electron chi connectivity index (χ3n) is 3.56. The summed E-state index contributed by atoms with van der Waals surface area (Å²) in [6.07, 6.45) is 15.7. The molecule has 3 heteroatoms. The maximum atomic E-state index is 5.73. The number of rotatable bonds is 7. The molecule has 0 aliphatic heterocycles. The van der Waals surface area contributed by atoms with E-state index < -0.39 is 0 Å². The molecule has 0 atom stereocenters. The van der Waals surface area contributed by atoms with E-state index in [0.29, 0.717) is 6.04 Å². The van der Waals surface area contributed by atoms with Crippen LogP contribution in [0.25, 0.3) is 0 Å². The summed E-state index contributed by atoms with van der Waals surface area (Å²) in [7, 11) is 0. The minimum atomic E-state index is 0.525. The SMILES string of the molecule is NC1CCCCCC1.NCCCCCCCCN. The molecule has 1 saturated carbocycles. The first-order valence-corrected chi connectivity index (χ1v) is 7.97. The van der Waals surface area contributed by atoms with Gasteiger partial charge >= 0.3 is 0 Å². The third-order valence-corrected chi connectivity index (χ3v) is 3.56. The van der Waals surface area contributed by atoms with Gasteiger partial charge in [-0.2, -0.15) is 0 Å². The van der Waals surface area contributed by atoms with Crippen LogP contribution >= 0.6 is 0 Å². The highest BCUT2D eigenvalue weighted by molar-refractivity contribution is 4.65. The molecule has 18 heavy (non-hydrogen) atoms. The van der Waals surface area contributed by atoms with Crippen molar-refractivity contribution in [3.63, 3.8) is 0 Å². The average molecular weight is 257 g/mol. The molecule has 1 aliphatic rings. The molecule has 0 bridgehead atoms. The van der Waals surface area contributed by atoms with Crippen LogP contribution in [0.15, 0.2) is 0 Å². The average Bonchev–Trinajstić information content (AvgIpc) is 2.62. The van der Waals surface area contributed by atoms with Gasteiger partial charge in [-0.05, 0) is 38.8 Å². The molecule has 0 radical (unpaired) electrons. The molecule has 0 saturated heterocycles. The first-order valence-electron chi connectivity index (χ1n) is 7.97. The van der Waals surface area contributed by atoms with Crippen LogP contribution in [0, 0.1) is 0 Å². The fourth-order valence-corrected chi connectivity index (χ4v) is 2.31. The molecule has 1 rings (SSSR count). The van der Waals surface area contributed by atoms with Crippen molar-refractivity contribution in [3.05, 3.63) is 0 Å². The van der Waals surface area contributed by atoms with Crippen LogP contribution in [0.3, 0.4) is 0 Å². The van der Waals surface area contributed by atoms with Crippen LogP contribution in [0.4, 0.5) is 0 Å². The molecule has 1 fully saturated rings. The van der Waals surface area contributed by atoms with Gasteiger partial charge in [0.25, 0.3) is 0 Å². The van der Waals surface area contributed by atoms with Gasteiger partial charge in [0.05, 0.1) is 0 Å². The lowest BCUT2D eigenvalue weighted by Gasteiger charge is -2.03. The zero-order valence-electron chi connectivity index (χ0n) is 12.2. The number of hydrogen-bond donors (Lipinski definition) is 3.